The summed E-state index contributed by atoms with van der Waals surface area (Å²) in [5, 5.41) is 3.93. The highest BCUT2D eigenvalue weighted by Gasteiger charge is 2.10. The molecule has 21 heavy (non-hydrogen) atoms. The quantitative estimate of drug-likeness (QED) is 0.743. The number of aromatic nitrogens is 1. The molecule has 0 unspecified atom stereocenters. The molecule has 2 aromatic carbocycles. The summed E-state index contributed by atoms with van der Waals surface area (Å²) in [5.41, 5.74) is 3.16. The minimum Gasteiger partial charge on any atom is -0.320 e. The number of hydrogen-bond acceptors (Lipinski definition) is 2. The number of rotatable bonds is 2. The molecule has 3 aromatic rings. The third-order valence-electron chi connectivity index (χ3n) is 3.19. The second-order valence-corrected chi connectivity index (χ2v) is 5.77. The number of anilines is 1. The molecule has 0 bridgehead atoms. The van der Waals surface area contributed by atoms with Gasteiger partial charge in [-0.1, -0.05) is 34.1 Å². The Morgan fingerprint density at radius 3 is 2.76 bits per heavy atom. The van der Waals surface area contributed by atoms with Crippen LogP contribution in [0.15, 0.2) is 59.2 Å². The Kier molecular flexibility index (Phi) is 3.71. The zero-order valence-electron chi connectivity index (χ0n) is 11.4. The fourth-order valence-electron chi connectivity index (χ4n) is 2.27. The number of nitrogens with one attached hydrogen (secondary N) is 1. The van der Waals surface area contributed by atoms with Gasteiger partial charge in [-0.15, -0.1) is 0 Å². The van der Waals surface area contributed by atoms with Crippen LogP contribution in [-0.2, 0) is 0 Å². The molecule has 0 saturated heterocycles. The molecule has 0 radical (unpaired) electrons. The predicted octanol–water partition coefficient (Wildman–Crippen LogP) is 4.56. The highest BCUT2D eigenvalue weighted by atomic mass is 79.9. The Hall–Kier alpha value is -2.20. The zero-order chi connectivity index (χ0) is 14.8. The average Bonchev–Trinajstić information content (AvgIpc) is 2.46. The third kappa shape index (κ3) is 2.95. The van der Waals surface area contributed by atoms with E-state index < -0.39 is 0 Å². The number of para-hydroxylation sites is 1. The van der Waals surface area contributed by atoms with Gasteiger partial charge in [-0.25, -0.2) is 0 Å². The first-order valence-corrected chi connectivity index (χ1v) is 7.35. The van der Waals surface area contributed by atoms with E-state index in [2.05, 4.69) is 26.2 Å². The molecule has 1 aromatic heterocycles. The van der Waals surface area contributed by atoms with Crippen molar-refractivity contribution < 1.29 is 4.79 Å². The highest BCUT2D eigenvalue weighted by molar-refractivity contribution is 9.10. The van der Waals surface area contributed by atoms with Crippen molar-refractivity contribution in [3.63, 3.8) is 0 Å². The molecule has 104 valence electrons. The summed E-state index contributed by atoms with van der Waals surface area (Å²) in [7, 11) is 0. The number of hydrogen-bond donors (Lipinski definition) is 1. The van der Waals surface area contributed by atoms with Crippen LogP contribution in [0.4, 0.5) is 5.69 Å². The van der Waals surface area contributed by atoms with Crippen LogP contribution in [0.2, 0.25) is 0 Å². The summed E-state index contributed by atoms with van der Waals surface area (Å²) in [6.45, 7) is 1.96. The number of carbonyl (C=O) groups excluding carboxylic acids is 1. The highest BCUT2D eigenvalue weighted by Crippen LogP contribution is 2.22. The predicted molar refractivity (Wildman–Crippen MR) is 88.6 cm³/mol. The van der Waals surface area contributed by atoms with Crippen molar-refractivity contribution in [2.45, 2.75) is 6.92 Å². The van der Waals surface area contributed by atoms with E-state index in [4.69, 9.17) is 0 Å². The lowest BCUT2D eigenvalue weighted by Crippen LogP contribution is -2.12. The number of pyridine rings is 1. The Morgan fingerprint density at radius 1 is 1.14 bits per heavy atom. The van der Waals surface area contributed by atoms with Gasteiger partial charge in [-0.2, -0.15) is 0 Å². The van der Waals surface area contributed by atoms with Gasteiger partial charge in [0.2, 0.25) is 0 Å². The van der Waals surface area contributed by atoms with Crippen molar-refractivity contribution in [3.8, 4) is 0 Å². The standard InChI is InChI=1S/C17H13BrN2O/c1-11-8-13(10-14(18)9-11)17(21)20-15-6-2-4-12-5-3-7-19-16(12)15/h2-10H,1H3,(H,20,21). The van der Waals surface area contributed by atoms with E-state index in [9.17, 15) is 4.79 Å². The summed E-state index contributed by atoms with van der Waals surface area (Å²) in [6, 6.07) is 15.2. The van der Waals surface area contributed by atoms with E-state index in [1.165, 1.54) is 0 Å². The van der Waals surface area contributed by atoms with Crippen molar-refractivity contribution >= 4 is 38.4 Å². The molecule has 1 amide bonds. The Bertz CT molecular complexity index is 804. The van der Waals surface area contributed by atoms with E-state index in [-0.39, 0.29) is 5.91 Å². The maximum atomic E-state index is 12.4. The molecule has 0 aliphatic carbocycles. The van der Waals surface area contributed by atoms with Gasteiger partial charge >= 0.3 is 0 Å². The van der Waals surface area contributed by atoms with E-state index in [1.54, 1.807) is 12.3 Å². The fraction of sp³-hybridized carbons (Fsp3) is 0.0588. The summed E-state index contributed by atoms with van der Waals surface area (Å²) in [4.78, 5) is 16.7. The van der Waals surface area contributed by atoms with E-state index in [0.29, 0.717) is 5.56 Å². The van der Waals surface area contributed by atoms with E-state index >= 15 is 0 Å². The van der Waals surface area contributed by atoms with Crippen LogP contribution < -0.4 is 5.32 Å². The molecule has 0 saturated carbocycles. The van der Waals surface area contributed by atoms with Crippen molar-refractivity contribution in [2.24, 2.45) is 0 Å². The SMILES string of the molecule is Cc1cc(Br)cc(C(=O)Nc2cccc3cccnc23)c1. The molecule has 1 N–H and O–H groups in total. The second kappa shape index (κ2) is 5.66. The molecule has 1 heterocycles. The Morgan fingerprint density at radius 2 is 1.95 bits per heavy atom. The van der Waals surface area contributed by atoms with E-state index in [0.717, 1.165) is 26.6 Å². The van der Waals surface area contributed by atoms with Crippen LogP contribution in [0.3, 0.4) is 0 Å². The smallest absolute Gasteiger partial charge is 0.255 e. The first-order chi connectivity index (χ1) is 10.1. The summed E-state index contributed by atoms with van der Waals surface area (Å²) in [6.07, 6.45) is 1.72. The van der Waals surface area contributed by atoms with Crippen LogP contribution >= 0.6 is 15.9 Å². The van der Waals surface area contributed by atoms with Gasteiger partial charge in [0.1, 0.15) is 0 Å². The van der Waals surface area contributed by atoms with Crippen molar-refractivity contribution in [1.29, 1.82) is 0 Å². The van der Waals surface area contributed by atoms with Crippen molar-refractivity contribution in [3.05, 3.63) is 70.3 Å². The molecule has 3 nitrogen and oxygen atoms in total. The fourth-order valence-corrected chi connectivity index (χ4v) is 2.87. The van der Waals surface area contributed by atoms with Gasteiger partial charge in [-0.3, -0.25) is 9.78 Å². The molecule has 0 atom stereocenters. The minimum absolute atomic E-state index is 0.141. The van der Waals surface area contributed by atoms with E-state index in [1.807, 2.05) is 49.4 Å². The van der Waals surface area contributed by atoms with Crippen molar-refractivity contribution in [2.75, 3.05) is 5.32 Å². The number of amides is 1. The third-order valence-corrected chi connectivity index (χ3v) is 3.64. The molecule has 0 spiro atoms. The number of halogens is 1. The zero-order valence-corrected chi connectivity index (χ0v) is 13.0. The van der Waals surface area contributed by atoms with Crippen LogP contribution in [-0.4, -0.2) is 10.9 Å². The lowest BCUT2D eigenvalue weighted by molar-refractivity contribution is 0.102. The average molecular weight is 341 g/mol. The van der Waals surface area contributed by atoms with Crippen LogP contribution in [0.25, 0.3) is 10.9 Å². The maximum Gasteiger partial charge on any atom is 0.255 e. The first kappa shape index (κ1) is 13.8. The van der Waals surface area contributed by atoms with Gasteiger partial charge < -0.3 is 5.32 Å². The molecular formula is C17H13BrN2O. The Labute approximate surface area is 131 Å². The number of fused-ring (bicyclic) bond motifs is 1. The number of nitrogens with zero attached hydrogens (tertiary/aromatic N) is 1. The monoisotopic (exact) mass is 340 g/mol. The van der Waals surface area contributed by atoms with Crippen LogP contribution in [0.1, 0.15) is 15.9 Å². The van der Waals surface area contributed by atoms with Gasteiger partial charge in [0, 0.05) is 21.6 Å². The second-order valence-electron chi connectivity index (χ2n) is 4.85. The van der Waals surface area contributed by atoms with Crippen LogP contribution in [0, 0.1) is 6.92 Å². The summed E-state index contributed by atoms with van der Waals surface area (Å²) in [5.74, 6) is -0.141. The topological polar surface area (TPSA) is 42.0 Å². The van der Waals surface area contributed by atoms with Crippen molar-refractivity contribution in [1.82, 2.24) is 4.98 Å². The molecule has 0 fully saturated rings. The minimum atomic E-state index is -0.141. The molecule has 0 aliphatic heterocycles. The summed E-state index contributed by atoms with van der Waals surface area (Å²) >= 11 is 3.41. The molecule has 0 aliphatic rings. The van der Waals surface area contributed by atoms with Crippen LogP contribution in [0.5, 0.6) is 0 Å². The lowest BCUT2D eigenvalue weighted by atomic mass is 10.1. The number of aryl methyl sites for hydroxylation is 1. The van der Waals surface area contributed by atoms with Gasteiger partial charge in [0.15, 0.2) is 0 Å². The molecule has 4 heteroatoms. The molecular weight excluding hydrogens is 328 g/mol. The Balaban J connectivity index is 1.96. The largest absolute Gasteiger partial charge is 0.320 e. The number of carbonyl (C=O) groups is 1. The van der Waals surface area contributed by atoms with Gasteiger partial charge in [0.05, 0.1) is 11.2 Å². The van der Waals surface area contributed by atoms with Gasteiger partial charge in [-0.05, 0) is 42.8 Å². The normalized spacial score (nSPS) is 10.6. The maximum absolute atomic E-state index is 12.4. The number of benzene rings is 2. The molecule has 3 rings (SSSR count). The van der Waals surface area contributed by atoms with Gasteiger partial charge in [0.25, 0.3) is 5.91 Å². The summed E-state index contributed by atoms with van der Waals surface area (Å²) < 4.78 is 0.892. The lowest BCUT2D eigenvalue weighted by Gasteiger charge is -2.09. The first-order valence-electron chi connectivity index (χ1n) is 6.56.